The molecule has 0 saturated carbocycles. The third kappa shape index (κ3) is 3.93. The van der Waals surface area contributed by atoms with Gasteiger partial charge in [0.15, 0.2) is 0 Å². The maximum Gasteiger partial charge on any atom is 0.338 e. The van der Waals surface area contributed by atoms with Gasteiger partial charge in [0.25, 0.3) is 0 Å². The molecule has 0 aromatic heterocycles. The van der Waals surface area contributed by atoms with Crippen LogP contribution in [0.2, 0.25) is 5.02 Å². The van der Waals surface area contributed by atoms with E-state index in [0.717, 1.165) is 12.1 Å². The van der Waals surface area contributed by atoms with E-state index in [-0.39, 0.29) is 5.69 Å². The van der Waals surface area contributed by atoms with Gasteiger partial charge in [0.05, 0.1) is 5.56 Å². The molecule has 7 heteroatoms. The third-order valence-electron chi connectivity index (χ3n) is 2.56. The molecule has 0 unspecified atom stereocenters. The smallest absolute Gasteiger partial charge is 0.338 e. The highest BCUT2D eigenvalue weighted by molar-refractivity contribution is 6.30. The number of aromatic carboxylic acids is 1. The Labute approximate surface area is 124 Å². The van der Waals surface area contributed by atoms with Crippen LogP contribution in [0.15, 0.2) is 42.5 Å². The summed E-state index contributed by atoms with van der Waals surface area (Å²) < 4.78 is 13.5. The zero-order valence-electron chi connectivity index (χ0n) is 10.6. The number of carboxylic acids is 1. The molecule has 0 atom stereocenters. The molecular weight excluding hydrogens is 299 g/mol. The molecule has 2 aromatic rings. The van der Waals surface area contributed by atoms with Crippen LogP contribution in [0.3, 0.4) is 0 Å². The number of urea groups is 1. The van der Waals surface area contributed by atoms with Gasteiger partial charge in [0.1, 0.15) is 5.82 Å². The van der Waals surface area contributed by atoms with Crippen molar-refractivity contribution in [1.82, 2.24) is 0 Å². The Kier molecular flexibility index (Phi) is 4.39. The van der Waals surface area contributed by atoms with Gasteiger partial charge < -0.3 is 15.7 Å². The Morgan fingerprint density at radius 1 is 1.00 bits per heavy atom. The molecule has 3 N–H and O–H groups in total. The molecule has 0 saturated heterocycles. The Morgan fingerprint density at radius 2 is 1.57 bits per heavy atom. The van der Waals surface area contributed by atoms with Crippen LogP contribution in [0, 0.1) is 5.82 Å². The second-order valence-corrected chi connectivity index (χ2v) is 4.52. The number of nitrogens with one attached hydrogen (secondary N) is 2. The van der Waals surface area contributed by atoms with E-state index in [1.165, 1.54) is 6.07 Å². The lowest BCUT2D eigenvalue weighted by Gasteiger charge is -2.08. The summed E-state index contributed by atoms with van der Waals surface area (Å²) in [4.78, 5) is 22.4. The molecule has 0 aliphatic carbocycles. The largest absolute Gasteiger partial charge is 0.478 e. The maximum atomic E-state index is 13.5. The van der Waals surface area contributed by atoms with Crippen LogP contribution in [0.5, 0.6) is 0 Å². The SMILES string of the molecule is O=C(Nc1ccc(Cl)cc1)Nc1ccc(C(=O)O)c(F)c1. The molecule has 108 valence electrons. The lowest BCUT2D eigenvalue weighted by Crippen LogP contribution is -2.19. The fraction of sp³-hybridized carbons (Fsp3) is 0. The molecule has 2 rings (SSSR count). The number of carbonyl (C=O) groups excluding carboxylic acids is 1. The topological polar surface area (TPSA) is 78.4 Å². The second kappa shape index (κ2) is 6.23. The summed E-state index contributed by atoms with van der Waals surface area (Å²) in [5, 5.41) is 14.2. The fourth-order valence-corrected chi connectivity index (χ4v) is 1.72. The number of halogens is 2. The monoisotopic (exact) mass is 308 g/mol. The molecule has 2 amide bonds. The molecular formula is C14H10ClFN2O3. The zero-order valence-corrected chi connectivity index (χ0v) is 11.3. The Bertz CT molecular complexity index is 689. The first-order valence-corrected chi connectivity index (χ1v) is 6.20. The van der Waals surface area contributed by atoms with Crippen molar-refractivity contribution in [2.45, 2.75) is 0 Å². The molecule has 21 heavy (non-hydrogen) atoms. The summed E-state index contributed by atoms with van der Waals surface area (Å²) >= 11 is 5.72. The number of benzene rings is 2. The minimum absolute atomic E-state index is 0.143. The molecule has 2 aromatic carbocycles. The molecule has 0 aliphatic heterocycles. The normalized spacial score (nSPS) is 10.0. The number of hydrogen-bond donors (Lipinski definition) is 3. The van der Waals surface area contributed by atoms with Gasteiger partial charge in [-0.25, -0.2) is 14.0 Å². The standard InChI is InChI=1S/C14H10ClFN2O3/c15-8-1-3-9(4-2-8)17-14(21)18-10-5-6-11(13(19)20)12(16)7-10/h1-7H,(H,19,20)(H2,17,18,21). The first kappa shape index (κ1) is 14.8. The minimum atomic E-state index is -1.37. The molecule has 0 heterocycles. The molecule has 0 aliphatic rings. The number of rotatable bonds is 3. The van der Waals surface area contributed by atoms with Gasteiger partial charge in [0.2, 0.25) is 0 Å². The summed E-state index contributed by atoms with van der Waals surface area (Å²) in [5.41, 5.74) is 0.196. The highest BCUT2D eigenvalue weighted by Crippen LogP contribution is 2.16. The number of anilines is 2. The predicted octanol–water partition coefficient (Wildman–Crippen LogP) is 3.82. The van der Waals surface area contributed by atoms with E-state index in [1.54, 1.807) is 24.3 Å². The van der Waals surface area contributed by atoms with Crippen LogP contribution in [-0.2, 0) is 0 Å². The van der Waals surface area contributed by atoms with Gasteiger partial charge in [-0.2, -0.15) is 0 Å². The first-order chi connectivity index (χ1) is 9.95. The maximum absolute atomic E-state index is 13.5. The predicted molar refractivity (Wildman–Crippen MR) is 77.5 cm³/mol. The Balaban J connectivity index is 2.04. The van der Waals surface area contributed by atoms with Gasteiger partial charge >= 0.3 is 12.0 Å². The Hall–Kier alpha value is -2.60. The highest BCUT2D eigenvalue weighted by atomic mass is 35.5. The van der Waals surface area contributed by atoms with Crippen molar-refractivity contribution in [3.63, 3.8) is 0 Å². The van der Waals surface area contributed by atoms with Crippen molar-refractivity contribution < 1.29 is 19.1 Å². The van der Waals surface area contributed by atoms with Crippen molar-refractivity contribution in [1.29, 1.82) is 0 Å². The third-order valence-corrected chi connectivity index (χ3v) is 2.81. The first-order valence-electron chi connectivity index (χ1n) is 5.82. The van der Waals surface area contributed by atoms with Crippen molar-refractivity contribution in [2.24, 2.45) is 0 Å². The van der Waals surface area contributed by atoms with E-state index in [9.17, 15) is 14.0 Å². The van der Waals surface area contributed by atoms with Gasteiger partial charge in [-0.1, -0.05) is 11.6 Å². The average Bonchev–Trinajstić information content (AvgIpc) is 2.41. The van der Waals surface area contributed by atoms with Crippen LogP contribution in [-0.4, -0.2) is 17.1 Å². The number of amides is 2. The summed E-state index contributed by atoms with van der Waals surface area (Å²) in [7, 11) is 0. The summed E-state index contributed by atoms with van der Waals surface area (Å²) in [5.74, 6) is -2.29. The van der Waals surface area contributed by atoms with Crippen LogP contribution < -0.4 is 10.6 Å². The van der Waals surface area contributed by atoms with Gasteiger partial charge in [0, 0.05) is 16.4 Å². The van der Waals surface area contributed by atoms with Gasteiger partial charge in [-0.05, 0) is 42.5 Å². The summed E-state index contributed by atoms with van der Waals surface area (Å²) in [6.45, 7) is 0. The molecule has 5 nitrogen and oxygen atoms in total. The zero-order chi connectivity index (χ0) is 15.4. The van der Waals surface area contributed by atoms with Gasteiger partial charge in [-0.3, -0.25) is 0 Å². The van der Waals surface area contributed by atoms with Crippen LogP contribution in [0.4, 0.5) is 20.6 Å². The van der Waals surface area contributed by atoms with Crippen molar-refractivity contribution in [3.8, 4) is 0 Å². The van der Waals surface area contributed by atoms with Crippen molar-refractivity contribution in [3.05, 3.63) is 58.9 Å². The van der Waals surface area contributed by atoms with Crippen LogP contribution in [0.25, 0.3) is 0 Å². The van der Waals surface area contributed by atoms with Crippen LogP contribution >= 0.6 is 11.6 Å². The van der Waals surface area contributed by atoms with E-state index >= 15 is 0 Å². The van der Waals surface area contributed by atoms with E-state index in [2.05, 4.69) is 10.6 Å². The average molecular weight is 309 g/mol. The van der Waals surface area contributed by atoms with E-state index in [0.29, 0.717) is 10.7 Å². The quantitative estimate of drug-likeness (QED) is 0.806. The highest BCUT2D eigenvalue weighted by Gasteiger charge is 2.11. The second-order valence-electron chi connectivity index (χ2n) is 4.09. The van der Waals surface area contributed by atoms with E-state index < -0.39 is 23.4 Å². The van der Waals surface area contributed by atoms with Crippen molar-refractivity contribution >= 4 is 35.0 Å². The molecule has 0 fully saturated rings. The minimum Gasteiger partial charge on any atom is -0.478 e. The van der Waals surface area contributed by atoms with Gasteiger partial charge in [-0.15, -0.1) is 0 Å². The molecule has 0 spiro atoms. The Morgan fingerprint density at radius 3 is 2.14 bits per heavy atom. The van der Waals surface area contributed by atoms with Crippen molar-refractivity contribution in [2.75, 3.05) is 10.6 Å². The lowest BCUT2D eigenvalue weighted by molar-refractivity contribution is 0.0692. The van der Waals surface area contributed by atoms with E-state index in [1.807, 2.05) is 0 Å². The molecule has 0 radical (unpaired) electrons. The van der Waals surface area contributed by atoms with E-state index in [4.69, 9.17) is 16.7 Å². The summed E-state index contributed by atoms with van der Waals surface area (Å²) in [6, 6.07) is 9.16. The fourth-order valence-electron chi connectivity index (χ4n) is 1.59. The number of hydrogen-bond acceptors (Lipinski definition) is 2. The molecule has 0 bridgehead atoms. The lowest BCUT2D eigenvalue weighted by atomic mass is 10.2. The number of carboxylic acid groups (broad SMARTS) is 1. The van der Waals surface area contributed by atoms with Crippen LogP contribution in [0.1, 0.15) is 10.4 Å². The summed E-state index contributed by atoms with van der Waals surface area (Å²) in [6.07, 6.45) is 0. The number of carbonyl (C=O) groups is 2.